The van der Waals surface area contributed by atoms with Gasteiger partial charge in [-0.25, -0.2) is 5.01 Å². The van der Waals surface area contributed by atoms with E-state index >= 15 is 0 Å². The first-order chi connectivity index (χ1) is 17.6. The van der Waals surface area contributed by atoms with Crippen LogP contribution in [0.15, 0.2) is 80.8 Å². The lowest BCUT2D eigenvalue weighted by Crippen LogP contribution is -2.33. The predicted molar refractivity (Wildman–Crippen MR) is 153 cm³/mol. The molecule has 0 saturated heterocycles. The molecular weight excluding hydrogens is 580 g/mol. The highest BCUT2D eigenvalue weighted by Crippen LogP contribution is 2.50. The highest BCUT2D eigenvalue weighted by atomic mass is 79.9. The number of fused-ring (bicyclic) bond motifs is 3. The van der Waals surface area contributed by atoms with Crippen LogP contribution < -0.4 is 9.47 Å². The molecule has 2 atom stereocenters. The molecule has 188 valence electrons. The molecule has 0 amide bonds. The summed E-state index contributed by atoms with van der Waals surface area (Å²) in [6, 6.07) is 23.0. The van der Waals surface area contributed by atoms with Crippen LogP contribution in [0, 0.1) is 0 Å². The largest absolute Gasteiger partial charge is 0.494 e. The zero-order valence-electron chi connectivity index (χ0n) is 20.6. The minimum absolute atomic E-state index is 0.103. The molecule has 2 aliphatic heterocycles. The van der Waals surface area contributed by atoms with E-state index in [0.717, 1.165) is 62.3 Å². The molecule has 0 saturated carbocycles. The van der Waals surface area contributed by atoms with Crippen molar-refractivity contribution in [3.63, 3.8) is 0 Å². The lowest BCUT2D eigenvalue weighted by Gasteiger charge is -2.38. The van der Waals surface area contributed by atoms with Crippen LogP contribution in [0.25, 0.3) is 0 Å². The van der Waals surface area contributed by atoms with Gasteiger partial charge in [0.05, 0.1) is 22.8 Å². The highest BCUT2D eigenvalue weighted by molar-refractivity contribution is 9.11. The number of hydrogen-bond donors (Lipinski definition) is 0. The Hall–Kier alpha value is -2.31. The number of rotatable bonds is 10. The average Bonchev–Trinajstić information content (AvgIpc) is 3.35. The van der Waals surface area contributed by atoms with E-state index in [0.29, 0.717) is 0 Å². The summed E-state index contributed by atoms with van der Waals surface area (Å²) in [5.74, 6) is 1.79. The topological polar surface area (TPSA) is 34.1 Å². The van der Waals surface area contributed by atoms with Gasteiger partial charge < -0.3 is 9.47 Å². The molecule has 0 aliphatic carbocycles. The standard InChI is InChI=1S/C30H32Br2N2O2/c1-2-3-4-5-6-10-17-35-24-15-13-22(14-16-24)30-34-28(20-27(33-34)21-11-8-7-9-12-21)25-18-23(31)19-26(32)29(25)36-30/h7-9,11-16,18-19,28,30H,2-6,10,17,20H2,1H3/t28-,30+/m1/s1. The zero-order valence-corrected chi connectivity index (χ0v) is 23.8. The summed E-state index contributed by atoms with van der Waals surface area (Å²) in [6.45, 7) is 3.01. The Morgan fingerprint density at radius 2 is 1.69 bits per heavy atom. The summed E-state index contributed by atoms with van der Waals surface area (Å²) in [4.78, 5) is 0. The van der Waals surface area contributed by atoms with Crippen molar-refractivity contribution in [2.24, 2.45) is 5.10 Å². The van der Waals surface area contributed by atoms with Crippen molar-refractivity contribution in [1.82, 2.24) is 5.01 Å². The Labute approximate surface area is 231 Å². The molecule has 0 N–H and O–H groups in total. The first kappa shape index (κ1) is 25.3. The van der Waals surface area contributed by atoms with E-state index in [1.165, 1.54) is 32.1 Å². The maximum Gasteiger partial charge on any atom is 0.213 e. The SMILES string of the molecule is CCCCCCCCOc1ccc([C@@H]2Oc3c(Br)cc(Br)cc3[C@H]3CC(c4ccccc4)=NN32)cc1. The van der Waals surface area contributed by atoms with E-state index in [2.05, 4.69) is 98.4 Å². The van der Waals surface area contributed by atoms with Crippen molar-refractivity contribution in [3.05, 3.63) is 92.4 Å². The number of benzene rings is 3. The number of nitrogens with zero attached hydrogens (tertiary/aromatic N) is 2. The second-order valence-electron chi connectivity index (χ2n) is 9.47. The van der Waals surface area contributed by atoms with Crippen LogP contribution in [-0.2, 0) is 0 Å². The lowest BCUT2D eigenvalue weighted by molar-refractivity contribution is -0.0197. The molecule has 0 spiro atoms. The highest BCUT2D eigenvalue weighted by Gasteiger charge is 2.41. The Morgan fingerprint density at radius 3 is 2.47 bits per heavy atom. The van der Waals surface area contributed by atoms with Gasteiger partial charge in [-0.15, -0.1) is 0 Å². The molecule has 0 bridgehead atoms. The summed E-state index contributed by atoms with van der Waals surface area (Å²) in [7, 11) is 0. The first-order valence-electron chi connectivity index (χ1n) is 12.9. The zero-order chi connectivity index (χ0) is 24.9. The van der Waals surface area contributed by atoms with Gasteiger partial charge >= 0.3 is 0 Å². The summed E-state index contributed by atoms with van der Waals surface area (Å²) in [5.41, 5.74) is 4.43. The van der Waals surface area contributed by atoms with Crippen LogP contribution in [0.3, 0.4) is 0 Å². The molecule has 3 aromatic rings. The van der Waals surface area contributed by atoms with Crippen molar-refractivity contribution in [3.8, 4) is 11.5 Å². The van der Waals surface area contributed by atoms with Gasteiger partial charge in [-0.1, -0.05) is 85.3 Å². The molecule has 3 aromatic carbocycles. The maximum absolute atomic E-state index is 6.60. The monoisotopic (exact) mass is 610 g/mol. The van der Waals surface area contributed by atoms with E-state index in [1.54, 1.807) is 0 Å². The van der Waals surface area contributed by atoms with Crippen molar-refractivity contribution in [1.29, 1.82) is 0 Å². The molecule has 0 aromatic heterocycles. The maximum atomic E-state index is 6.60. The Morgan fingerprint density at radius 1 is 0.944 bits per heavy atom. The molecule has 36 heavy (non-hydrogen) atoms. The second-order valence-corrected chi connectivity index (χ2v) is 11.2. The number of hydrazone groups is 1. The van der Waals surface area contributed by atoms with Crippen LogP contribution in [0.4, 0.5) is 0 Å². The fourth-order valence-electron chi connectivity index (χ4n) is 4.94. The number of unbranched alkanes of at least 4 members (excludes halogenated alkanes) is 5. The first-order valence-corrected chi connectivity index (χ1v) is 14.5. The fourth-order valence-corrected chi connectivity index (χ4v) is 6.29. The third kappa shape index (κ3) is 5.65. The number of hydrogen-bond acceptors (Lipinski definition) is 4. The lowest BCUT2D eigenvalue weighted by atomic mass is 9.96. The van der Waals surface area contributed by atoms with Crippen LogP contribution >= 0.6 is 31.9 Å². The van der Waals surface area contributed by atoms with Crippen molar-refractivity contribution in [2.75, 3.05) is 6.61 Å². The summed E-state index contributed by atoms with van der Waals surface area (Å²) in [6.07, 6.45) is 8.09. The Balaban J connectivity index is 1.34. The summed E-state index contributed by atoms with van der Waals surface area (Å²) < 4.78 is 14.6. The quantitative estimate of drug-likeness (QED) is 0.214. The number of halogens is 2. The van der Waals surface area contributed by atoms with Gasteiger partial charge in [0, 0.05) is 22.0 Å². The third-order valence-electron chi connectivity index (χ3n) is 6.85. The molecule has 0 fully saturated rings. The van der Waals surface area contributed by atoms with E-state index in [1.807, 2.05) is 12.1 Å². The fraction of sp³-hybridized carbons (Fsp3) is 0.367. The molecule has 4 nitrogen and oxygen atoms in total. The van der Waals surface area contributed by atoms with Crippen LogP contribution in [0.5, 0.6) is 11.5 Å². The normalized spacial score (nSPS) is 18.3. The molecular formula is C30H32Br2N2O2. The summed E-state index contributed by atoms with van der Waals surface area (Å²) in [5, 5.41) is 7.19. The van der Waals surface area contributed by atoms with Gasteiger partial charge in [-0.3, -0.25) is 0 Å². The van der Waals surface area contributed by atoms with Crippen LogP contribution in [0.1, 0.15) is 80.8 Å². The van der Waals surface area contributed by atoms with Gasteiger partial charge in [0.2, 0.25) is 6.23 Å². The van der Waals surface area contributed by atoms with Crippen LogP contribution in [0.2, 0.25) is 0 Å². The molecule has 0 radical (unpaired) electrons. The van der Waals surface area contributed by atoms with Gasteiger partial charge in [-0.2, -0.15) is 5.10 Å². The van der Waals surface area contributed by atoms with Crippen molar-refractivity contribution >= 4 is 37.6 Å². The van der Waals surface area contributed by atoms with Gasteiger partial charge in [0.1, 0.15) is 11.5 Å². The van der Waals surface area contributed by atoms with Gasteiger partial charge in [0.15, 0.2) is 0 Å². The van der Waals surface area contributed by atoms with E-state index < -0.39 is 0 Å². The van der Waals surface area contributed by atoms with Crippen molar-refractivity contribution in [2.45, 2.75) is 64.1 Å². The molecule has 6 heteroatoms. The van der Waals surface area contributed by atoms with E-state index in [4.69, 9.17) is 14.6 Å². The van der Waals surface area contributed by atoms with Gasteiger partial charge in [-0.05, 0) is 64.3 Å². The number of ether oxygens (including phenoxy) is 2. The Kier molecular flexibility index (Phi) is 8.32. The Bertz CT molecular complexity index is 1200. The molecule has 5 rings (SSSR count). The molecule has 0 unspecified atom stereocenters. The second kappa shape index (κ2) is 11.8. The minimum Gasteiger partial charge on any atom is -0.494 e. The third-order valence-corrected chi connectivity index (χ3v) is 7.89. The van der Waals surface area contributed by atoms with Gasteiger partial charge in [0.25, 0.3) is 0 Å². The summed E-state index contributed by atoms with van der Waals surface area (Å²) >= 11 is 7.38. The van der Waals surface area contributed by atoms with Crippen molar-refractivity contribution < 1.29 is 9.47 Å². The molecule has 2 heterocycles. The van der Waals surface area contributed by atoms with E-state index in [-0.39, 0.29) is 12.3 Å². The molecule has 2 aliphatic rings. The predicted octanol–water partition coefficient (Wildman–Crippen LogP) is 9.19. The smallest absolute Gasteiger partial charge is 0.213 e. The van der Waals surface area contributed by atoms with E-state index in [9.17, 15) is 0 Å². The average molecular weight is 612 g/mol. The minimum atomic E-state index is -0.311. The van der Waals surface area contributed by atoms with Crippen LogP contribution in [-0.4, -0.2) is 17.3 Å².